The van der Waals surface area contributed by atoms with Crippen molar-refractivity contribution in [1.29, 1.82) is 0 Å². The normalized spacial score (nSPS) is 11.1. The molecule has 0 aliphatic rings. The number of rotatable bonds is 5. The zero-order valence-corrected chi connectivity index (χ0v) is 10.2. The van der Waals surface area contributed by atoms with E-state index in [2.05, 4.69) is 0 Å². The maximum Gasteiger partial charge on any atom is 0.150 e. The summed E-state index contributed by atoms with van der Waals surface area (Å²) < 4.78 is 26.9. The van der Waals surface area contributed by atoms with Gasteiger partial charge in [-0.1, -0.05) is 11.6 Å². The molecule has 16 heavy (non-hydrogen) atoms. The maximum absolute atomic E-state index is 10.8. The van der Waals surface area contributed by atoms with Crippen molar-refractivity contribution in [2.75, 3.05) is 18.6 Å². The zero-order valence-electron chi connectivity index (χ0n) is 8.64. The second-order valence-corrected chi connectivity index (χ2v) is 5.95. The minimum absolute atomic E-state index is 0.0407. The van der Waals surface area contributed by atoms with Crippen molar-refractivity contribution in [3.05, 3.63) is 28.8 Å². The highest BCUT2D eigenvalue weighted by atomic mass is 35.5. The summed E-state index contributed by atoms with van der Waals surface area (Å²) in [5, 5.41) is 0.290. The Kier molecular flexibility index (Phi) is 4.32. The van der Waals surface area contributed by atoms with Crippen LogP contribution in [0.2, 0.25) is 5.02 Å². The first-order valence-electron chi connectivity index (χ1n) is 4.47. The topological polar surface area (TPSA) is 60.4 Å². The van der Waals surface area contributed by atoms with Gasteiger partial charge >= 0.3 is 0 Å². The van der Waals surface area contributed by atoms with Crippen LogP contribution in [0.5, 0.6) is 5.75 Å². The molecule has 0 radical (unpaired) electrons. The Labute approximate surface area is 99.1 Å². The summed E-state index contributed by atoms with van der Waals surface area (Å²) >= 11 is 5.82. The van der Waals surface area contributed by atoms with Gasteiger partial charge in [-0.05, 0) is 18.2 Å². The Hall–Kier alpha value is -1.07. The molecule has 4 nitrogen and oxygen atoms in total. The number of aldehydes is 1. The maximum atomic E-state index is 10.8. The van der Waals surface area contributed by atoms with Gasteiger partial charge < -0.3 is 4.74 Å². The van der Waals surface area contributed by atoms with Crippen LogP contribution in [0.1, 0.15) is 10.4 Å². The second-order valence-electron chi connectivity index (χ2n) is 3.29. The number of hydrogen-bond acceptors (Lipinski definition) is 4. The number of halogens is 1. The van der Waals surface area contributed by atoms with Gasteiger partial charge in [0.15, 0.2) is 9.84 Å². The van der Waals surface area contributed by atoms with Gasteiger partial charge in [-0.15, -0.1) is 0 Å². The van der Waals surface area contributed by atoms with E-state index in [9.17, 15) is 13.2 Å². The monoisotopic (exact) mass is 262 g/mol. The fourth-order valence-electron chi connectivity index (χ4n) is 1.01. The lowest BCUT2D eigenvalue weighted by atomic mass is 10.2. The van der Waals surface area contributed by atoms with E-state index in [1.807, 2.05) is 0 Å². The van der Waals surface area contributed by atoms with Crippen molar-refractivity contribution >= 4 is 27.7 Å². The van der Waals surface area contributed by atoms with Gasteiger partial charge in [-0.2, -0.15) is 0 Å². The van der Waals surface area contributed by atoms with E-state index in [-0.39, 0.29) is 17.4 Å². The van der Waals surface area contributed by atoms with E-state index in [1.54, 1.807) is 6.07 Å². The van der Waals surface area contributed by atoms with Crippen LogP contribution in [-0.2, 0) is 9.84 Å². The van der Waals surface area contributed by atoms with E-state index >= 15 is 0 Å². The molecule has 0 bridgehead atoms. The first kappa shape index (κ1) is 13.0. The summed E-state index contributed by atoms with van der Waals surface area (Å²) in [6.45, 7) is 0.0407. The smallest absolute Gasteiger partial charge is 0.150 e. The molecule has 0 aliphatic carbocycles. The zero-order chi connectivity index (χ0) is 12.2. The summed E-state index contributed by atoms with van der Waals surface area (Å²) in [7, 11) is -3.04. The van der Waals surface area contributed by atoms with Crippen LogP contribution in [-0.4, -0.2) is 33.3 Å². The molecular weight excluding hydrogens is 252 g/mol. The molecular formula is C10H11ClO4S. The minimum Gasteiger partial charge on any atom is -0.491 e. The summed E-state index contributed by atoms with van der Waals surface area (Å²) in [5.41, 5.74) is 0.445. The quantitative estimate of drug-likeness (QED) is 0.756. The van der Waals surface area contributed by atoms with Gasteiger partial charge in [0.1, 0.15) is 18.6 Å². The van der Waals surface area contributed by atoms with Gasteiger partial charge in [0.25, 0.3) is 0 Å². The number of hydrogen-bond donors (Lipinski definition) is 0. The third-order valence-corrected chi connectivity index (χ3v) is 3.01. The molecule has 6 heteroatoms. The Balaban J connectivity index is 2.65. The average molecular weight is 263 g/mol. The Morgan fingerprint density at radius 2 is 2.12 bits per heavy atom. The molecule has 0 saturated heterocycles. The molecule has 0 aliphatic heterocycles. The molecule has 0 fully saturated rings. The highest BCUT2D eigenvalue weighted by Crippen LogP contribution is 2.24. The standard InChI is InChI=1S/C10H11ClO4S/c1-16(13,14)5-4-15-10-3-2-8(7-12)6-9(10)11/h2-3,6-7H,4-5H2,1H3. The number of carbonyl (C=O) groups excluding carboxylic acids is 1. The van der Waals surface area contributed by atoms with E-state index < -0.39 is 9.84 Å². The van der Waals surface area contributed by atoms with Gasteiger partial charge in [-0.3, -0.25) is 4.79 Å². The molecule has 0 spiro atoms. The van der Waals surface area contributed by atoms with E-state index in [0.717, 1.165) is 6.26 Å². The Morgan fingerprint density at radius 1 is 1.44 bits per heavy atom. The van der Waals surface area contributed by atoms with Crippen LogP contribution in [0.3, 0.4) is 0 Å². The molecule has 1 aromatic carbocycles. The van der Waals surface area contributed by atoms with Gasteiger partial charge in [-0.25, -0.2) is 8.42 Å². The van der Waals surface area contributed by atoms with Crippen LogP contribution in [0.25, 0.3) is 0 Å². The van der Waals surface area contributed by atoms with Crippen molar-refractivity contribution in [2.24, 2.45) is 0 Å². The van der Waals surface area contributed by atoms with E-state index in [4.69, 9.17) is 16.3 Å². The summed E-state index contributed by atoms with van der Waals surface area (Å²) in [5.74, 6) is 0.301. The third-order valence-electron chi connectivity index (χ3n) is 1.80. The van der Waals surface area contributed by atoms with Crippen molar-refractivity contribution in [2.45, 2.75) is 0 Å². The summed E-state index contributed by atoms with van der Waals surface area (Å²) in [6, 6.07) is 4.55. The number of carbonyl (C=O) groups is 1. The molecule has 0 heterocycles. The van der Waals surface area contributed by atoms with Crippen molar-refractivity contribution in [3.8, 4) is 5.75 Å². The molecule has 0 saturated carbocycles. The predicted octanol–water partition coefficient (Wildman–Crippen LogP) is 1.58. The predicted molar refractivity (Wildman–Crippen MR) is 62.0 cm³/mol. The third kappa shape index (κ3) is 4.20. The minimum atomic E-state index is -3.04. The molecule has 0 atom stereocenters. The van der Waals surface area contributed by atoms with Crippen LogP contribution in [0.15, 0.2) is 18.2 Å². The van der Waals surface area contributed by atoms with E-state index in [1.165, 1.54) is 12.1 Å². The first-order valence-corrected chi connectivity index (χ1v) is 6.91. The highest BCUT2D eigenvalue weighted by molar-refractivity contribution is 7.90. The van der Waals surface area contributed by atoms with Crippen molar-refractivity contribution in [1.82, 2.24) is 0 Å². The fraction of sp³-hybridized carbons (Fsp3) is 0.300. The molecule has 88 valence electrons. The van der Waals surface area contributed by atoms with E-state index in [0.29, 0.717) is 17.6 Å². The van der Waals surface area contributed by atoms with Crippen molar-refractivity contribution in [3.63, 3.8) is 0 Å². The highest BCUT2D eigenvalue weighted by Gasteiger charge is 2.05. The van der Waals surface area contributed by atoms with Gasteiger partial charge in [0.05, 0.1) is 10.8 Å². The summed E-state index contributed by atoms with van der Waals surface area (Å²) in [6.07, 6.45) is 1.81. The molecule has 0 aromatic heterocycles. The molecule has 1 aromatic rings. The SMILES string of the molecule is CS(=O)(=O)CCOc1ccc(C=O)cc1Cl. The average Bonchev–Trinajstić information content (AvgIpc) is 2.18. The fourth-order valence-corrected chi connectivity index (χ4v) is 1.64. The Morgan fingerprint density at radius 3 is 2.62 bits per heavy atom. The largest absolute Gasteiger partial charge is 0.491 e. The Bertz CT molecular complexity index is 482. The number of ether oxygens (including phenoxy) is 1. The van der Waals surface area contributed by atoms with Crippen LogP contribution in [0, 0.1) is 0 Å². The van der Waals surface area contributed by atoms with Crippen LogP contribution in [0.4, 0.5) is 0 Å². The lowest BCUT2D eigenvalue weighted by molar-refractivity contribution is 0.112. The lowest BCUT2D eigenvalue weighted by Gasteiger charge is -2.07. The van der Waals surface area contributed by atoms with Crippen molar-refractivity contribution < 1.29 is 17.9 Å². The van der Waals surface area contributed by atoms with Gasteiger partial charge in [0.2, 0.25) is 0 Å². The molecule has 0 amide bonds. The first-order chi connectivity index (χ1) is 7.42. The second kappa shape index (κ2) is 5.32. The summed E-state index contributed by atoms with van der Waals surface area (Å²) in [4.78, 5) is 10.4. The molecule has 1 rings (SSSR count). The molecule has 0 N–H and O–H groups in total. The number of sulfone groups is 1. The van der Waals surface area contributed by atoms with Crippen LogP contribution < -0.4 is 4.74 Å². The van der Waals surface area contributed by atoms with Crippen LogP contribution >= 0.6 is 11.6 Å². The van der Waals surface area contributed by atoms with Gasteiger partial charge in [0, 0.05) is 11.8 Å². The lowest BCUT2D eigenvalue weighted by Crippen LogP contribution is -2.12. The number of benzene rings is 1. The molecule has 0 unspecified atom stereocenters.